The van der Waals surface area contributed by atoms with E-state index in [1.807, 2.05) is 74.5 Å². The fourth-order valence-electron chi connectivity index (χ4n) is 3.95. The number of benzene rings is 3. The molecule has 1 unspecified atom stereocenters. The molecule has 0 aliphatic carbocycles. The van der Waals surface area contributed by atoms with Gasteiger partial charge in [-0.2, -0.15) is 0 Å². The first-order chi connectivity index (χ1) is 16.5. The highest BCUT2D eigenvalue weighted by Crippen LogP contribution is 2.25. The molecule has 6 nitrogen and oxygen atoms in total. The standard InChI is InChI=1S/C28H27N3O3/c1-18-6-11-23(19(2)14-18)28(33)34-17-20-7-9-22(10-8-20)24(15-29)27(32)31-26-5-3-4-21-12-13-30-16-25(21)26/h3-14,16,24H,15,17,29H2,1-2H3,(H,31,32). The molecule has 1 amide bonds. The quantitative estimate of drug-likeness (QED) is 0.389. The molecule has 172 valence electrons. The van der Waals surface area contributed by atoms with Crippen LogP contribution in [0.25, 0.3) is 10.8 Å². The summed E-state index contributed by atoms with van der Waals surface area (Å²) >= 11 is 0. The molecule has 0 bridgehead atoms. The van der Waals surface area contributed by atoms with Crippen LogP contribution in [0.2, 0.25) is 0 Å². The fourth-order valence-corrected chi connectivity index (χ4v) is 3.95. The number of fused-ring (bicyclic) bond motifs is 1. The summed E-state index contributed by atoms with van der Waals surface area (Å²) < 4.78 is 5.48. The Morgan fingerprint density at radius 2 is 1.82 bits per heavy atom. The van der Waals surface area contributed by atoms with Gasteiger partial charge in [-0.05, 0) is 54.1 Å². The molecule has 1 aromatic heterocycles. The monoisotopic (exact) mass is 453 g/mol. The summed E-state index contributed by atoms with van der Waals surface area (Å²) in [6, 6.07) is 20.6. The lowest BCUT2D eigenvalue weighted by molar-refractivity contribution is -0.117. The highest BCUT2D eigenvalue weighted by molar-refractivity contribution is 6.04. The van der Waals surface area contributed by atoms with Gasteiger partial charge >= 0.3 is 5.97 Å². The first-order valence-corrected chi connectivity index (χ1v) is 11.1. The van der Waals surface area contributed by atoms with Gasteiger partial charge < -0.3 is 15.8 Å². The Labute approximate surface area is 198 Å². The molecule has 0 saturated carbocycles. The van der Waals surface area contributed by atoms with Gasteiger partial charge in [-0.25, -0.2) is 4.79 Å². The molecule has 0 aliphatic heterocycles. The number of rotatable bonds is 7. The van der Waals surface area contributed by atoms with Crippen molar-refractivity contribution in [2.45, 2.75) is 26.4 Å². The van der Waals surface area contributed by atoms with Crippen LogP contribution in [0.3, 0.4) is 0 Å². The van der Waals surface area contributed by atoms with Gasteiger partial charge in [0.1, 0.15) is 6.61 Å². The van der Waals surface area contributed by atoms with Crippen LogP contribution in [0.15, 0.2) is 79.1 Å². The minimum atomic E-state index is -0.515. The van der Waals surface area contributed by atoms with E-state index in [4.69, 9.17) is 10.5 Å². The summed E-state index contributed by atoms with van der Waals surface area (Å²) in [5.41, 5.74) is 10.8. The molecular formula is C28H27N3O3. The van der Waals surface area contributed by atoms with Gasteiger partial charge in [0.2, 0.25) is 5.91 Å². The van der Waals surface area contributed by atoms with E-state index in [1.165, 1.54) is 0 Å². The van der Waals surface area contributed by atoms with Gasteiger partial charge in [-0.15, -0.1) is 0 Å². The Morgan fingerprint density at radius 3 is 2.56 bits per heavy atom. The minimum absolute atomic E-state index is 0.148. The van der Waals surface area contributed by atoms with Crippen LogP contribution in [-0.2, 0) is 16.1 Å². The Bertz CT molecular complexity index is 1330. The Morgan fingerprint density at radius 1 is 1.03 bits per heavy atom. The predicted octanol–water partition coefficient (Wildman–Crippen LogP) is 4.89. The van der Waals surface area contributed by atoms with Crippen LogP contribution in [-0.4, -0.2) is 23.4 Å². The number of amides is 1. The number of aryl methyl sites for hydroxylation is 2. The summed E-state index contributed by atoms with van der Waals surface area (Å²) in [6.45, 7) is 4.19. The smallest absolute Gasteiger partial charge is 0.338 e. The molecule has 1 atom stereocenters. The first kappa shape index (κ1) is 23.1. The van der Waals surface area contributed by atoms with Crippen LogP contribution < -0.4 is 11.1 Å². The van der Waals surface area contributed by atoms with E-state index >= 15 is 0 Å². The zero-order chi connectivity index (χ0) is 24.1. The number of esters is 1. The number of ether oxygens (including phenoxy) is 1. The van der Waals surface area contributed by atoms with Gasteiger partial charge in [0.05, 0.1) is 17.2 Å². The maximum Gasteiger partial charge on any atom is 0.338 e. The van der Waals surface area contributed by atoms with Crippen LogP contribution in [0.4, 0.5) is 5.69 Å². The molecular weight excluding hydrogens is 426 g/mol. The largest absolute Gasteiger partial charge is 0.457 e. The third kappa shape index (κ3) is 5.13. The van der Waals surface area contributed by atoms with E-state index in [0.717, 1.165) is 33.0 Å². The minimum Gasteiger partial charge on any atom is -0.457 e. The number of nitrogens with two attached hydrogens (primary N) is 1. The Hall–Kier alpha value is -4.03. The third-order valence-electron chi connectivity index (χ3n) is 5.85. The van der Waals surface area contributed by atoms with Crippen LogP contribution in [0.5, 0.6) is 0 Å². The lowest BCUT2D eigenvalue weighted by Gasteiger charge is -2.17. The molecule has 0 spiro atoms. The summed E-state index contributed by atoms with van der Waals surface area (Å²) in [6.07, 6.45) is 3.45. The summed E-state index contributed by atoms with van der Waals surface area (Å²) in [5, 5.41) is 4.86. The van der Waals surface area contributed by atoms with Gasteiger partial charge in [0, 0.05) is 24.3 Å². The number of nitrogens with zero attached hydrogens (tertiary/aromatic N) is 1. The first-order valence-electron chi connectivity index (χ1n) is 11.1. The highest BCUT2D eigenvalue weighted by Gasteiger charge is 2.20. The van der Waals surface area contributed by atoms with Crippen molar-refractivity contribution in [3.05, 3.63) is 107 Å². The van der Waals surface area contributed by atoms with Crippen molar-refractivity contribution in [2.75, 3.05) is 11.9 Å². The fraction of sp³-hybridized carbons (Fsp3) is 0.179. The zero-order valence-corrected chi connectivity index (χ0v) is 19.2. The molecule has 0 aliphatic rings. The number of pyridine rings is 1. The summed E-state index contributed by atoms with van der Waals surface area (Å²) in [5.74, 6) is -1.06. The topological polar surface area (TPSA) is 94.3 Å². The van der Waals surface area contributed by atoms with Crippen molar-refractivity contribution in [3.8, 4) is 0 Å². The third-order valence-corrected chi connectivity index (χ3v) is 5.85. The number of nitrogens with one attached hydrogen (secondary N) is 1. The van der Waals surface area contributed by atoms with E-state index in [0.29, 0.717) is 11.3 Å². The van der Waals surface area contributed by atoms with Gasteiger partial charge in [0.25, 0.3) is 0 Å². The van der Waals surface area contributed by atoms with E-state index in [9.17, 15) is 9.59 Å². The van der Waals surface area contributed by atoms with E-state index < -0.39 is 5.92 Å². The molecule has 4 rings (SSSR count). The Kier molecular flexibility index (Phi) is 6.99. The van der Waals surface area contributed by atoms with Gasteiger partial charge in [-0.1, -0.05) is 54.1 Å². The predicted molar refractivity (Wildman–Crippen MR) is 134 cm³/mol. The molecule has 1 heterocycles. The SMILES string of the molecule is Cc1ccc(C(=O)OCc2ccc(C(CN)C(=O)Nc3cccc4ccncc34)cc2)c(C)c1. The molecule has 0 saturated heterocycles. The number of aromatic nitrogens is 1. The second-order valence-electron chi connectivity index (χ2n) is 8.32. The summed E-state index contributed by atoms with van der Waals surface area (Å²) in [7, 11) is 0. The van der Waals surface area contributed by atoms with Crippen LogP contribution in [0.1, 0.15) is 38.5 Å². The number of hydrogen-bond donors (Lipinski definition) is 2. The van der Waals surface area contributed by atoms with Crippen molar-refractivity contribution in [3.63, 3.8) is 0 Å². The average molecular weight is 454 g/mol. The average Bonchev–Trinajstić information content (AvgIpc) is 2.84. The number of anilines is 1. The lowest BCUT2D eigenvalue weighted by atomic mass is 9.97. The van der Waals surface area contributed by atoms with E-state index in [-0.39, 0.29) is 25.0 Å². The molecule has 0 fully saturated rings. The molecule has 6 heteroatoms. The van der Waals surface area contributed by atoms with Gasteiger partial charge in [-0.3, -0.25) is 9.78 Å². The summed E-state index contributed by atoms with van der Waals surface area (Å²) in [4.78, 5) is 29.6. The number of carbonyl (C=O) groups is 2. The van der Waals surface area contributed by atoms with Crippen molar-refractivity contribution in [1.29, 1.82) is 0 Å². The molecule has 3 N–H and O–H groups in total. The van der Waals surface area contributed by atoms with E-state index in [2.05, 4.69) is 10.3 Å². The maximum absolute atomic E-state index is 13.0. The lowest BCUT2D eigenvalue weighted by Crippen LogP contribution is -2.27. The second-order valence-corrected chi connectivity index (χ2v) is 8.32. The maximum atomic E-state index is 13.0. The Balaban J connectivity index is 1.42. The number of hydrogen-bond acceptors (Lipinski definition) is 5. The highest BCUT2D eigenvalue weighted by atomic mass is 16.5. The van der Waals surface area contributed by atoms with Crippen LogP contribution in [0, 0.1) is 13.8 Å². The zero-order valence-electron chi connectivity index (χ0n) is 19.2. The molecule has 34 heavy (non-hydrogen) atoms. The van der Waals surface area contributed by atoms with Crippen molar-refractivity contribution < 1.29 is 14.3 Å². The van der Waals surface area contributed by atoms with Crippen molar-refractivity contribution >= 4 is 28.3 Å². The molecule has 0 radical (unpaired) electrons. The molecule has 4 aromatic rings. The number of carbonyl (C=O) groups excluding carboxylic acids is 2. The second kappa shape index (κ2) is 10.3. The van der Waals surface area contributed by atoms with Crippen molar-refractivity contribution in [2.24, 2.45) is 5.73 Å². The molecule has 3 aromatic carbocycles. The van der Waals surface area contributed by atoms with Gasteiger partial charge in [0.15, 0.2) is 0 Å². The normalized spacial score (nSPS) is 11.7. The van der Waals surface area contributed by atoms with E-state index in [1.54, 1.807) is 18.5 Å². The van der Waals surface area contributed by atoms with Crippen molar-refractivity contribution in [1.82, 2.24) is 4.98 Å². The van der Waals surface area contributed by atoms with Crippen LogP contribution >= 0.6 is 0 Å².